The lowest BCUT2D eigenvalue weighted by atomic mass is 10.2. The van der Waals surface area contributed by atoms with Crippen LogP contribution in [0.5, 0.6) is 5.75 Å². The molecule has 0 fully saturated rings. The number of ether oxygens (including phenoxy) is 1. The van der Waals surface area contributed by atoms with Crippen LogP contribution in [0.1, 0.15) is 11.3 Å². The SMILES string of the molecule is CNCc1cc(OCc2ccccn2)ccc1Br. The van der Waals surface area contributed by atoms with E-state index in [4.69, 9.17) is 4.74 Å². The Morgan fingerprint density at radius 3 is 2.89 bits per heavy atom. The number of hydrogen-bond donors (Lipinski definition) is 1. The van der Waals surface area contributed by atoms with E-state index in [0.717, 1.165) is 22.5 Å². The average molecular weight is 307 g/mol. The molecule has 0 saturated heterocycles. The van der Waals surface area contributed by atoms with Crippen molar-refractivity contribution in [3.05, 3.63) is 58.3 Å². The van der Waals surface area contributed by atoms with Gasteiger partial charge in [-0.1, -0.05) is 22.0 Å². The van der Waals surface area contributed by atoms with Gasteiger partial charge in [-0.25, -0.2) is 0 Å². The fourth-order valence-electron chi connectivity index (χ4n) is 1.61. The summed E-state index contributed by atoms with van der Waals surface area (Å²) in [5, 5.41) is 3.13. The minimum absolute atomic E-state index is 0.488. The zero-order valence-corrected chi connectivity index (χ0v) is 11.8. The van der Waals surface area contributed by atoms with Gasteiger partial charge in [-0.2, -0.15) is 0 Å². The smallest absolute Gasteiger partial charge is 0.130 e. The maximum absolute atomic E-state index is 5.72. The Kier molecular flexibility index (Phi) is 4.73. The van der Waals surface area contributed by atoms with E-state index < -0.39 is 0 Å². The molecule has 0 radical (unpaired) electrons. The number of halogens is 1. The summed E-state index contributed by atoms with van der Waals surface area (Å²) in [5.41, 5.74) is 2.10. The van der Waals surface area contributed by atoms with Crippen LogP contribution in [-0.4, -0.2) is 12.0 Å². The van der Waals surface area contributed by atoms with E-state index in [1.54, 1.807) is 6.20 Å². The molecule has 1 aromatic carbocycles. The number of benzene rings is 1. The molecule has 0 saturated carbocycles. The highest BCUT2D eigenvalue weighted by molar-refractivity contribution is 9.10. The first-order chi connectivity index (χ1) is 8.79. The summed E-state index contributed by atoms with van der Waals surface area (Å²) in [7, 11) is 1.92. The van der Waals surface area contributed by atoms with Crippen LogP contribution in [0.3, 0.4) is 0 Å². The van der Waals surface area contributed by atoms with Gasteiger partial charge >= 0.3 is 0 Å². The largest absolute Gasteiger partial charge is 0.487 e. The van der Waals surface area contributed by atoms with Crippen molar-refractivity contribution in [3.63, 3.8) is 0 Å². The molecule has 94 valence electrons. The molecule has 3 nitrogen and oxygen atoms in total. The molecule has 2 rings (SSSR count). The first kappa shape index (κ1) is 13.1. The van der Waals surface area contributed by atoms with Crippen molar-refractivity contribution >= 4 is 15.9 Å². The van der Waals surface area contributed by atoms with Gasteiger partial charge in [0.1, 0.15) is 12.4 Å². The third-order valence-corrected chi connectivity index (χ3v) is 3.27. The van der Waals surface area contributed by atoms with Gasteiger partial charge in [-0.3, -0.25) is 4.98 Å². The molecule has 0 unspecified atom stereocenters. The van der Waals surface area contributed by atoms with E-state index in [0.29, 0.717) is 6.61 Å². The Labute approximate surface area is 115 Å². The predicted molar refractivity (Wildman–Crippen MR) is 75.5 cm³/mol. The molecule has 0 atom stereocenters. The van der Waals surface area contributed by atoms with Crippen molar-refractivity contribution in [1.29, 1.82) is 0 Å². The van der Waals surface area contributed by atoms with Crippen LogP contribution in [-0.2, 0) is 13.2 Å². The summed E-state index contributed by atoms with van der Waals surface area (Å²) >= 11 is 3.52. The molecular formula is C14H15BrN2O. The molecule has 0 aliphatic heterocycles. The fourth-order valence-corrected chi connectivity index (χ4v) is 1.99. The third-order valence-electron chi connectivity index (χ3n) is 2.50. The lowest BCUT2D eigenvalue weighted by Gasteiger charge is -2.09. The van der Waals surface area contributed by atoms with Crippen molar-refractivity contribution in [3.8, 4) is 5.75 Å². The van der Waals surface area contributed by atoms with Gasteiger partial charge < -0.3 is 10.1 Å². The average Bonchev–Trinajstić information content (AvgIpc) is 2.41. The first-order valence-electron chi connectivity index (χ1n) is 5.75. The molecule has 0 amide bonds. The van der Waals surface area contributed by atoms with E-state index >= 15 is 0 Å². The quantitative estimate of drug-likeness (QED) is 0.921. The number of rotatable bonds is 5. The lowest BCUT2D eigenvalue weighted by molar-refractivity contribution is 0.301. The highest BCUT2D eigenvalue weighted by atomic mass is 79.9. The van der Waals surface area contributed by atoms with Crippen molar-refractivity contribution in [2.75, 3.05) is 7.05 Å². The Morgan fingerprint density at radius 1 is 1.28 bits per heavy atom. The van der Waals surface area contributed by atoms with Gasteiger partial charge in [0, 0.05) is 17.2 Å². The third kappa shape index (κ3) is 3.55. The summed E-state index contributed by atoms with van der Waals surface area (Å²) in [5.74, 6) is 0.856. The Balaban J connectivity index is 2.03. The number of nitrogens with one attached hydrogen (secondary N) is 1. The molecule has 2 aromatic rings. The van der Waals surface area contributed by atoms with Crippen molar-refractivity contribution in [2.45, 2.75) is 13.2 Å². The topological polar surface area (TPSA) is 34.1 Å². The highest BCUT2D eigenvalue weighted by Crippen LogP contribution is 2.23. The molecule has 1 aromatic heterocycles. The van der Waals surface area contributed by atoms with E-state index in [9.17, 15) is 0 Å². The second-order valence-corrected chi connectivity index (χ2v) is 4.75. The van der Waals surface area contributed by atoms with Crippen LogP contribution in [0.15, 0.2) is 47.1 Å². The van der Waals surface area contributed by atoms with Crippen molar-refractivity contribution < 1.29 is 4.74 Å². The van der Waals surface area contributed by atoms with Crippen molar-refractivity contribution in [2.24, 2.45) is 0 Å². The predicted octanol–water partition coefficient (Wildman–Crippen LogP) is 3.14. The van der Waals surface area contributed by atoms with Gasteiger partial charge in [0.05, 0.1) is 5.69 Å². The minimum Gasteiger partial charge on any atom is -0.487 e. The maximum Gasteiger partial charge on any atom is 0.130 e. The molecule has 0 aliphatic rings. The van der Waals surface area contributed by atoms with E-state index in [-0.39, 0.29) is 0 Å². The van der Waals surface area contributed by atoms with E-state index in [1.165, 1.54) is 5.56 Å². The van der Waals surface area contributed by atoms with Gasteiger partial charge in [0.2, 0.25) is 0 Å². The molecule has 1 N–H and O–H groups in total. The Morgan fingerprint density at radius 2 is 2.17 bits per heavy atom. The van der Waals surface area contributed by atoms with E-state index in [1.807, 2.05) is 43.4 Å². The normalized spacial score (nSPS) is 10.3. The second-order valence-electron chi connectivity index (χ2n) is 3.89. The number of aromatic nitrogens is 1. The summed E-state index contributed by atoms with van der Waals surface area (Å²) in [6.45, 7) is 1.29. The standard InChI is InChI=1S/C14H15BrN2O/c1-16-9-11-8-13(5-6-14(11)15)18-10-12-4-2-3-7-17-12/h2-8,16H,9-10H2,1H3. The van der Waals surface area contributed by atoms with Crippen molar-refractivity contribution in [1.82, 2.24) is 10.3 Å². The number of pyridine rings is 1. The minimum atomic E-state index is 0.488. The number of hydrogen-bond acceptors (Lipinski definition) is 3. The molecular weight excluding hydrogens is 292 g/mol. The molecule has 1 heterocycles. The lowest BCUT2D eigenvalue weighted by Crippen LogP contribution is -2.06. The zero-order chi connectivity index (χ0) is 12.8. The first-order valence-corrected chi connectivity index (χ1v) is 6.54. The van der Waals surface area contributed by atoms with Crippen LogP contribution >= 0.6 is 15.9 Å². The van der Waals surface area contributed by atoms with E-state index in [2.05, 4.69) is 26.2 Å². The summed E-state index contributed by atoms with van der Waals surface area (Å²) in [6.07, 6.45) is 1.77. The van der Waals surface area contributed by atoms with Crippen LogP contribution in [0, 0.1) is 0 Å². The monoisotopic (exact) mass is 306 g/mol. The molecule has 0 spiro atoms. The van der Waals surface area contributed by atoms with Crippen LogP contribution in [0.2, 0.25) is 0 Å². The Bertz CT molecular complexity index is 502. The maximum atomic E-state index is 5.72. The zero-order valence-electron chi connectivity index (χ0n) is 10.2. The fraction of sp³-hybridized carbons (Fsp3) is 0.214. The van der Waals surface area contributed by atoms with Gasteiger partial charge in [0.15, 0.2) is 0 Å². The number of nitrogens with zero attached hydrogens (tertiary/aromatic N) is 1. The second kappa shape index (κ2) is 6.52. The summed E-state index contributed by atoms with van der Waals surface area (Å²) < 4.78 is 6.81. The summed E-state index contributed by atoms with van der Waals surface area (Å²) in [4.78, 5) is 4.22. The van der Waals surface area contributed by atoms with Crippen LogP contribution in [0.4, 0.5) is 0 Å². The van der Waals surface area contributed by atoms with Gasteiger partial charge in [-0.05, 0) is 42.9 Å². The highest BCUT2D eigenvalue weighted by Gasteiger charge is 2.02. The van der Waals surface area contributed by atoms with Gasteiger partial charge in [-0.15, -0.1) is 0 Å². The summed E-state index contributed by atoms with van der Waals surface area (Å²) in [6, 6.07) is 11.8. The van der Waals surface area contributed by atoms with Crippen LogP contribution < -0.4 is 10.1 Å². The molecule has 4 heteroatoms. The molecule has 18 heavy (non-hydrogen) atoms. The Hall–Kier alpha value is -1.39. The van der Waals surface area contributed by atoms with Crippen LogP contribution in [0.25, 0.3) is 0 Å². The molecule has 0 aliphatic carbocycles. The van der Waals surface area contributed by atoms with Gasteiger partial charge in [0.25, 0.3) is 0 Å². The molecule has 0 bridgehead atoms.